The van der Waals surface area contributed by atoms with Crippen LogP contribution in [0.25, 0.3) is 16.8 Å². The smallest absolute Gasteiger partial charge is 0.243 e. The molecule has 0 spiro atoms. The lowest BCUT2D eigenvalue weighted by atomic mass is 9.94. The molecule has 1 aromatic carbocycles. The molecule has 2 aromatic heterocycles. The van der Waals surface area contributed by atoms with Crippen LogP contribution in [-0.2, 0) is 0 Å². The van der Waals surface area contributed by atoms with E-state index in [4.69, 9.17) is 4.98 Å². The van der Waals surface area contributed by atoms with Crippen molar-refractivity contribution in [3.8, 4) is 11.1 Å². The minimum absolute atomic E-state index is 0.504. The van der Waals surface area contributed by atoms with Gasteiger partial charge in [-0.25, -0.2) is 4.52 Å². The molecule has 3 heterocycles. The summed E-state index contributed by atoms with van der Waals surface area (Å²) >= 11 is 0. The van der Waals surface area contributed by atoms with E-state index in [0.717, 1.165) is 30.2 Å². The Balaban J connectivity index is 1.50. The van der Waals surface area contributed by atoms with Gasteiger partial charge in [0.2, 0.25) is 5.95 Å². The van der Waals surface area contributed by atoms with Crippen molar-refractivity contribution in [3.63, 3.8) is 0 Å². The van der Waals surface area contributed by atoms with E-state index in [9.17, 15) is 0 Å². The van der Waals surface area contributed by atoms with Crippen molar-refractivity contribution in [1.82, 2.24) is 19.9 Å². The predicted octanol–water partition coefficient (Wildman–Crippen LogP) is 2.81. The van der Waals surface area contributed by atoms with Gasteiger partial charge in [-0.05, 0) is 55.5 Å². The number of anilines is 1. The first-order chi connectivity index (χ1) is 11.9. The molecule has 24 heavy (non-hydrogen) atoms. The Hall–Kier alpha value is -2.40. The van der Waals surface area contributed by atoms with Crippen molar-refractivity contribution < 1.29 is 0 Å². The monoisotopic (exact) mass is 319 g/mol. The average molecular weight is 319 g/mol. The Bertz CT molecular complexity index is 841. The summed E-state index contributed by atoms with van der Waals surface area (Å²) in [7, 11) is 0. The maximum atomic E-state index is 4.80. The molecule has 5 heteroatoms. The van der Waals surface area contributed by atoms with Crippen molar-refractivity contribution >= 4 is 11.6 Å². The SMILES string of the molecule is c1ccc(-c2cccn3nc(NC4[C@@H]5CC[C@H]4CNC5)nc23)cc1. The fourth-order valence-corrected chi connectivity index (χ4v) is 4.28. The molecular formula is C19H21N5. The zero-order valence-electron chi connectivity index (χ0n) is 13.5. The number of piperidine rings is 1. The van der Waals surface area contributed by atoms with Crippen LogP contribution in [0.3, 0.4) is 0 Å². The Morgan fingerprint density at radius 2 is 1.79 bits per heavy atom. The van der Waals surface area contributed by atoms with Crippen LogP contribution in [0, 0.1) is 11.8 Å². The molecule has 1 aliphatic carbocycles. The maximum absolute atomic E-state index is 4.80. The second-order valence-corrected chi connectivity index (χ2v) is 6.92. The number of rotatable bonds is 3. The van der Waals surface area contributed by atoms with Gasteiger partial charge in [0.25, 0.3) is 0 Å². The van der Waals surface area contributed by atoms with Crippen LogP contribution < -0.4 is 10.6 Å². The molecule has 2 aliphatic rings. The summed E-state index contributed by atoms with van der Waals surface area (Å²) in [5, 5.41) is 11.8. The number of benzene rings is 1. The van der Waals surface area contributed by atoms with Crippen molar-refractivity contribution in [3.05, 3.63) is 48.7 Å². The summed E-state index contributed by atoms with van der Waals surface area (Å²) in [6.07, 6.45) is 4.58. The number of nitrogens with one attached hydrogen (secondary N) is 2. The lowest BCUT2D eigenvalue weighted by molar-refractivity contribution is 0.341. The molecule has 5 nitrogen and oxygen atoms in total. The third-order valence-electron chi connectivity index (χ3n) is 5.48. The highest BCUT2D eigenvalue weighted by Gasteiger charge is 2.39. The van der Waals surface area contributed by atoms with Gasteiger partial charge in [-0.3, -0.25) is 0 Å². The van der Waals surface area contributed by atoms with E-state index in [1.807, 2.05) is 22.8 Å². The van der Waals surface area contributed by atoms with E-state index in [2.05, 4.69) is 46.1 Å². The van der Waals surface area contributed by atoms with Crippen molar-refractivity contribution in [1.29, 1.82) is 0 Å². The van der Waals surface area contributed by atoms with Crippen LogP contribution in [0.15, 0.2) is 48.7 Å². The first-order valence-electron chi connectivity index (χ1n) is 8.76. The molecule has 0 amide bonds. The second-order valence-electron chi connectivity index (χ2n) is 6.92. The van der Waals surface area contributed by atoms with Crippen LogP contribution in [0.4, 0.5) is 5.95 Å². The Morgan fingerprint density at radius 3 is 2.58 bits per heavy atom. The van der Waals surface area contributed by atoms with Gasteiger partial charge in [-0.2, -0.15) is 4.98 Å². The van der Waals surface area contributed by atoms with Gasteiger partial charge in [0.15, 0.2) is 5.65 Å². The topological polar surface area (TPSA) is 54.2 Å². The summed E-state index contributed by atoms with van der Waals surface area (Å²) < 4.78 is 1.88. The van der Waals surface area contributed by atoms with Crippen LogP contribution in [0.2, 0.25) is 0 Å². The van der Waals surface area contributed by atoms with Crippen LogP contribution >= 0.6 is 0 Å². The predicted molar refractivity (Wildman–Crippen MR) is 94.9 cm³/mol. The van der Waals surface area contributed by atoms with E-state index in [1.165, 1.54) is 18.4 Å². The van der Waals surface area contributed by atoms with Gasteiger partial charge in [0.1, 0.15) is 0 Å². The van der Waals surface area contributed by atoms with Crippen molar-refractivity contribution in [2.75, 3.05) is 18.4 Å². The maximum Gasteiger partial charge on any atom is 0.243 e. The van der Waals surface area contributed by atoms with Crippen LogP contribution in [0.1, 0.15) is 12.8 Å². The standard InChI is InChI=1S/C19H21N5/c1-2-5-13(6-3-1)16-7-4-10-24-18(16)22-19(23-24)21-17-14-8-9-15(17)12-20-11-14/h1-7,10,14-15,17,20H,8-9,11-12H2,(H,21,23)/t14-,15+,17?. The molecule has 1 unspecified atom stereocenters. The van der Waals surface area contributed by atoms with Gasteiger partial charge >= 0.3 is 0 Å². The zero-order chi connectivity index (χ0) is 15.9. The summed E-state index contributed by atoms with van der Waals surface area (Å²) in [4.78, 5) is 4.80. The fourth-order valence-electron chi connectivity index (χ4n) is 4.28. The molecule has 2 bridgehead atoms. The van der Waals surface area contributed by atoms with Crippen LogP contribution in [-0.4, -0.2) is 33.7 Å². The van der Waals surface area contributed by atoms with Gasteiger partial charge in [0, 0.05) is 17.8 Å². The first-order valence-corrected chi connectivity index (χ1v) is 8.76. The molecule has 2 fully saturated rings. The largest absolute Gasteiger partial charge is 0.350 e. The van der Waals surface area contributed by atoms with E-state index in [1.54, 1.807) is 0 Å². The fraction of sp³-hybridized carbons (Fsp3) is 0.368. The summed E-state index contributed by atoms with van der Waals surface area (Å²) in [5.74, 6) is 2.15. The number of aromatic nitrogens is 3. The van der Waals surface area contributed by atoms with Gasteiger partial charge in [-0.15, -0.1) is 5.10 Å². The first kappa shape index (κ1) is 14.0. The van der Waals surface area contributed by atoms with E-state index >= 15 is 0 Å². The molecule has 1 saturated carbocycles. The molecule has 3 aromatic rings. The molecule has 1 saturated heterocycles. The van der Waals surface area contributed by atoms with E-state index < -0.39 is 0 Å². The summed E-state index contributed by atoms with van der Waals surface area (Å²) in [5.41, 5.74) is 3.20. The Labute approximate surface area is 141 Å². The number of hydrogen-bond donors (Lipinski definition) is 2. The minimum Gasteiger partial charge on any atom is -0.350 e. The molecule has 5 rings (SSSR count). The Kier molecular flexibility index (Phi) is 3.26. The zero-order valence-corrected chi connectivity index (χ0v) is 13.5. The van der Waals surface area contributed by atoms with E-state index in [0.29, 0.717) is 17.9 Å². The molecule has 1 aliphatic heterocycles. The molecular weight excluding hydrogens is 298 g/mol. The molecule has 122 valence electrons. The van der Waals surface area contributed by atoms with Gasteiger partial charge < -0.3 is 10.6 Å². The number of pyridine rings is 1. The number of hydrogen-bond acceptors (Lipinski definition) is 4. The van der Waals surface area contributed by atoms with Gasteiger partial charge in [0.05, 0.1) is 0 Å². The normalized spacial score (nSPS) is 25.9. The lowest BCUT2D eigenvalue weighted by Crippen LogP contribution is -2.45. The van der Waals surface area contributed by atoms with Gasteiger partial charge in [-0.1, -0.05) is 30.3 Å². The van der Waals surface area contributed by atoms with Crippen molar-refractivity contribution in [2.24, 2.45) is 11.8 Å². The number of nitrogens with zero attached hydrogens (tertiary/aromatic N) is 3. The summed E-state index contributed by atoms with van der Waals surface area (Å²) in [6.45, 7) is 2.22. The third-order valence-corrected chi connectivity index (χ3v) is 5.48. The molecule has 3 atom stereocenters. The summed E-state index contributed by atoms with van der Waals surface area (Å²) in [6, 6.07) is 15.0. The Morgan fingerprint density at radius 1 is 1.00 bits per heavy atom. The van der Waals surface area contributed by atoms with E-state index in [-0.39, 0.29) is 0 Å². The number of fused-ring (bicyclic) bond motifs is 3. The highest BCUT2D eigenvalue weighted by molar-refractivity contribution is 5.77. The van der Waals surface area contributed by atoms with Crippen LogP contribution in [0.5, 0.6) is 0 Å². The highest BCUT2D eigenvalue weighted by atomic mass is 15.4. The highest BCUT2D eigenvalue weighted by Crippen LogP contribution is 2.35. The van der Waals surface area contributed by atoms with Crippen molar-refractivity contribution in [2.45, 2.75) is 18.9 Å². The third kappa shape index (κ3) is 2.27. The molecule has 0 radical (unpaired) electrons. The quantitative estimate of drug-likeness (QED) is 0.779. The lowest BCUT2D eigenvalue weighted by Gasteiger charge is -2.30. The second kappa shape index (κ2) is 5.60. The minimum atomic E-state index is 0.504. The molecule has 2 N–H and O–H groups in total. The average Bonchev–Trinajstić information content (AvgIpc) is 3.11.